The van der Waals surface area contributed by atoms with Crippen LogP contribution in [0.5, 0.6) is 0 Å². The van der Waals surface area contributed by atoms with Crippen LogP contribution >= 0.6 is 0 Å². The first-order valence-corrected chi connectivity index (χ1v) is 9.77. The van der Waals surface area contributed by atoms with Crippen LogP contribution in [0.2, 0.25) is 0 Å². The number of nitrogens with one attached hydrogen (secondary N) is 1. The molecule has 2 fully saturated rings. The zero-order valence-electron chi connectivity index (χ0n) is 15.4. The molecule has 1 aliphatic heterocycles. The minimum Gasteiger partial charge on any atom is -0.357 e. The van der Waals surface area contributed by atoms with Gasteiger partial charge in [-0.3, -0.25) is 4.79 Å². The molecule has 0 unspecified atom stereocenters. The number of piperidine rings is 1. The number of halogens is 3. The van der Waals surface area contributed by atoms with E-state index in [4.69, 9.17) is 4.98 Å². The molecule has 1 saturated carbocycles. The summed E-state index contributed by atoms with van der Waals surface area (Å²) in [6, 6.07) is 2.53. The monoisotopic (exact) mass is 390 g/mol. The lowest BCUT2D eigenvalue weighted by atomic mass is 9.76. The Morgan fingerprint density at radius 2 is 1.89 bits per heavy atom. The van der Waals surface area contributed by atoms with Crippen LogP contribution in [-0.2, 0) is 18.0 Å². The summed E-state index contributed by atoms with van der Waals surface area (Å²) in [5.41, 5.74) is 0.986. The number of aromatic amines is 1. The van der Waals surface area contributed by atoms with E-state index in [1.165, 1.54) is 6.07 Å². The number of rotatable bonds is 2. The number of anilines is 1. The molecule has 1 saturated heterocycles. The maximum absolute atomic E-state index is 12.7. The van der Waals surface area contributed by atoms with Gasteiger partial charge in [0.25, 0.3) is 5.56 Å². The Hall–Kier alpha value is -2.38. The first kappa shape index (κ1) is 17.7. The second-order valence-electron chi connectivity index (χ2n) is 8.22. The average molecular weight is 390 g/mol. The molecule has 0 amide bonds. The van der Waals surface area contributed by atoms with Gasteiger partial charge in [-0.1, -0.05) is 0 Å². The maximum atomic E-state index is 12.7. The molecule has 1 spiro atoms. The summed E-state index contributed by atoms with van der Waals surface area (Å²) in [5, 5.41) is 0. The Kier molecular flexibility index (Phi) is 3.83. The summed E-state index contributed by atoms with van der Waals surface area (Å²) in [4.78, 5) is 26.4. The van der Waals surface area contributed by atoms with Crippen molar-refractivity contribution in [3.05, 3.63) is 51.3 Å². The smallest absolute Gasteiger partial charge is 0.357 e. The lowest BCUT2D eigenvalue weighted by molar-refractivity contribution is -0.137. The molecule has 2 aromatic rings. The Labute approximate surface area is 160 Å². The SMILES string of the molecule is O=c1[nH]c(C2CC2)nc2c1CCC21CCN(c2ccc(C(F)(F)F)cn2)CC1. The number of hydrogen-bond donors (Lipinski definition) is 1. The van der Waals surface area contributed by atoms with Crippen LogP contribution < -0.4 is 10.5 Å². The highest BCUT2D eigenvalue weighted by Crippen LogP contribution is 2.46. The van der Waals surface area contributed by atoms with Crippen LogP contribution in [0.3, 0.4) is 0 Å². The number of hydrogen-bond acceptors (Lipinski definition) is 4. The lowest BCUT2D eigenvalue weighted by Crippen LogP contribution is -2.42. The quantitative estimate of drug-likeness (QED) is 0.852. The van der Waals surface area contributed by atoms with Crippen molar-refractivity contribution in [2.75, 3.05) is 18.0 Å². The zero-order valence-corrected chi connectivity index (χ0v) is 15.4. The summed E-state index contributed by atoms with van der Waals surface area (Å²) in [7, 11) is 0. The van der Waals surface area contributed by atoms with Gasteiger partial charge in [0.1, 0.15) is 11.6 Å². The molecule has 0 bridgehead atoms. The summed E-state index contributed by atoms with van der Waals surface area (Å²) < 4.78 is 38.2. The van der Waals surface area contributed by atoms with Crippen molar-refractivity contribution in [3.8, 4) is 0 Å². The van der Waals surface area contributed by atoms with E-state index in [0.29, 0.717) is 24.8 Å². The largest absolute Gasteiger partial charge is 0.417 e. The van der Waals surface area contributed by atoms with Crippen molar-refractivity contribution in [2.24, 2.45) is 0 Å². The van der Waals surface area contributed by atoms with Gasteiger partial charge in [-0.15, -0.1) is 0 Å². The van der Waals surface area contributed by atoms with E-state index < -0.39 is 11.7 Å². The third-order valence-corrected chi connectivity index (χ3v) is 6.47. The third kappa shape index (κ3) is 2.89. The number of nitrogens with zero attached hydrogens (tertiary/aromatic N) is 3. The molecule has 8 heteroatoms. The molecule has 28 heavy (non-hydrogen) atoms. The summed E-state index contributed by atoms with van der Waals surface area (Å²) >= 11 is 0. The molecule has 2 aliphatic carbocycles. The van der Waals surface area contributed by atoms with Crippen LogP contribution in [0.25, 0.3) is 0 Å². The molecule has 3 aliphatic rings. The average Bonchev–Trinajstić information content (AvgIpc) is 3.47. The van der Waals surface area contributed by atoms with Crippen molar-refractivity contribution in [2.45, 2.75) is 56.0 Å². The van der Waals surface area contributed by atoms with Gasteiger partial charge in [0.2, 0.25) is 0 Å². The predicted octanol–water partition coefficient (Wildman–Crippen LogP) is 3.55. The molecular weight excluding hydrogens is 369 g/mol. The fraction of sp³-hybridized carbons (Fsp3) is 0.550. The topological polar surface area (TPSA) is 61.9 Å². The van der Waals surface area contributed by atoms with Gasteiger partial charge in [-0.25, -0.2) is 9.97 Å². The second-order valence-corrected chi connectivity index (χ2v) is 8.22. The van der Waals surface area contributed by atoms with E-state index in [1.807, 2.05) is 4.90 Å². The first-order valence-electron chi connectivity index (χ1n) is 9.77. The zero-order chi connectivity index (χ0) is 19.5. The van der Waals surface area contributed by atoms with E-state index in [9.17, 15) is 18.0 Å². The number of H-pyrrole nitrogens is 1. The van der Waals surface area contributed by atoms with Crippen LogP contribution in [-0.4, -0.2) is 28.0 Å². The van der Waals surface area contributed by atoms with Gasteiger partial charge in [0.15, 0.2) is 0 Å². The first-order chi connectivity index (χ1) is 13.4. The van der Waals surface area contributed by atoms with Gasteiger partial charge in [-0.05, 0) is 50.7 Å². The summed E-state index contributed by atoms with van der Waals surface area (Å²) in [5.74, 6) is 1.79. The van der Waals surface area contributed by atoms with Crippen LogP contribution in [0.1, 0.15) is 60.7 Å². The Bertz CT molecular complexity index is 955. The van der Waals surface area contributed by atoms with E-state index in [2.05, 4.69) is 9.97 Å². The number of alkyl halides is 3. The molecule has 0 atom stereocenters. The predicted molar refractivity (Wildman–Crippen MR) is 97.5 cm³/mol. The van der Waals surface area contributed by atoms with Crippen LogP contribution in [0.15, 0.2) is 23.1 Å². The highest BCUT2D eigenvalue weighted by atomic mass is 19.4. The molecule has 5 nitrogen and oxygen atoms in total. The van der Waals surface area contributed by atoms with Gasteiger partial charge in [0, 0.05) is 36.2 Å². The molecule has 3 heterocycles. The van der Waals surface area contributed by atoms with Gasteiger partial charge in [0.05, 0.1) is 11.3 Å². The van der Waals surface area contributed by atoms with E-state index in [-0.39, 0.29) is 11.0 Å². The van der Waals surface area contributed by atoms with Crippen molar-refractivity contribution in [3.63, 3.8) is 0 Å². The fourth-order valence-corrected chi connectivity index (χ4v) is 4.61. The molecule has 2 aromatic heterocycles. The maximum Gasteiger partial charge on any atom is 0.417 e. The molecule has 0 aromatic carbocycles. The normalized spacial score (nSPS) is 21.2. The van der Waals surface area contributed by atoms with E-state index in [0.717, 1.165) is 67.9 Å². The number of fused-ring (bicyclic) bond motifs is 2. The Balaban J connectivity index is 1.36. The summed E-state index contributed by atoms with van der Waals surface area (Å²) in [6.07, 6.45) is 2.04. The third-order valence-electron chi connectivity index (χ3n) is 6.47. The van der Waals surface area contributed by atoms with Crippen LogP contribution in [0.4, 0.5) is 19.0 Å². The van der Waals surface area contributed by atoms with E-state index >= 15 is 0 Å². The Morgan fingerprint density at radius 3 is 2.50 bits per heavy atom. The molecule has 0 radical (unpaired) electrons. The molecular formula is C20H21F3N4O. The second kappa shape index (κ2) is 6.06. The fourth-order valence-electron chi connectivity index (χ4n) is 4.61. The van der Waals surface area contributed by atoms with Gasteiger partial charge >= 0.3 is 6.18 Å². The van der Waals surface area contributed by atoms with Gasteiger partial charge < -0.3 is 9.88 Å². The number of aromatic nitrogens is 3. The van der Waals surface area contributed by atoms with Gasteiger partial charge in [-0.2, -0.15) is 13.2 Å². The van der Waals surface area contributed by atoms with Crippen molar-refractivity contribution in [1.29, 1.82) is 0 Å². The number of pyridine rings is 1. The van der Waals surface area contributed by atoms with Crippen LogP contribution in [0, 0.1) is 0 Å². The minimum absolute atomic E-state index is 0.00982. The van der Waals surface area contributed by atoms with Crippen molar-refractivity contribution in [1.82, 2.24) is 15.0 Å². The van der Waals surface area contributed by atoms with Crippen molar-refractivity contribution >= 4 is 5.82 Å². The standard InChI is InChI=1S/C20H21F3N4O/c21-20(22,23)13-3-4-15(24-11-13)27-9-7-19(8-10-27)6-5-14-16(19)25-17(12-1-2-12)26-18(14)28/h3-4,11-12H,1-2,5-10H2,(H,25,26,28). The van der Waals surface area contributed by atoms with Crippen molar-refractivity contribution < 1.29 is 13.2 Å². The summed E-state index contributed by atoms with van der Waals surface area (Å²) in [6.45, 7) is 1.40. The highest BCUT2D eigenvalue weighted by Gasteiger charge is 2.45. The lowest BCUT2D eigenvalue weighted by Gasteiger charge is -2.40. The minimum atomic E-state index is -4.37. The molecule has 148 valence electrons. The molecule has 5 rings (SSSR count). The Morgan fingerprint density at radius 1 is 1.14 bits per heavy atom. The highest BCUT2D eigenvalue weighted by molar-refractivity contribution is 5.43. The van der Waals surface area contributed by atoms with E-state index in [1.54, 1.807) is 0 Å². The molecule has 1 N–H and O–H groups in total.